The Hall–Kier alpha value is -2.62. The van der Waals surface area contributed by atoms with E-state index in [4.69, 9.17) is 5.26 Å². The van der Waals surface area contributed by atoms with Crippen LogP contribution < -0.4 is 4.90 Å². The number of hydrogen-bond donors (Lipinski definition) is 1. The van der Waals surface area contributed by atoms with Crippen LogP contribution in [0, 0.1) is 11.3 Å². The van der Waals surface area contributed by atoms with Crippen LogP contribution in [0.5, 0.6) is 0 Å². The second-order valence-corrected chi connectivity index (χ2v) is 7.02. The van der Waals surface area contributed by atoms with Gasteiger partial charge < -0.3 is 14.8 Å². The summed E-state index contributed by atoms with van der Waals surface area (Å²) in [5.74, 6) is 0.905. The Morgan fingerprint density at radius 3 is 3.04 bits per heavy atom. The number of nitrogens with zero attached hydrogens (tertiary/aromatic N) is 5. The van der Waals surface area contributed by atoms with Gasteiger partial charge in [-0.1, -0.05) is 0 Å². The number of aromatic nitrogens is 3. The summed E-state index contributed by atoms with van der Waals surface area (Å²) in [7, 11) is 0. The number of carbonyl (C=O) groups excluding carboxylic acids is 1. The lowest BCUT2D eigenvalue weighted by atomic mass is 9.79. The fraction of sp³-hybridized carbons (Fsp3) is 0.556. The molecule has 2 saturated heterocycles. The third-order valence-corrected chi connectivity index (χ3v) is 5.57. The molecule has 1 N–H and O–H groups in total. The zero-order valence-electron chi connectivity index (χ0n) is 14.2. The summed E-state index contributed by atoms with van der Waals surface area (Å²) in [6, 6.07) is 4.03. The standard InChI is InChI=1S/C18H22N6O/c19-8-4-15(25)24-11-2-1-6-18(24)7-3-10-23(12-18)17-14-5-9-20-16(14)21-13-22-17/h5,9,13H,1-4,6-7,10-12H2,(H,20,21,22). The number of fused-ring (bicyclic) bond motifs is 1. The SMILES string of the molecule is N#CCC(=O)N1CCCCC12CCCN(c1ncnc3[nH]ccc13)C2. The lowest BCUT2D eigenvalue weighted by Gasteiger charge is -2.52. The minimum Gasteiger partial charge on any atom is -0.354 e. The number of nitrogens with one attached hydrogen (secondary N) is 1. The van der Waals surface area contributed by atoms with Crippen molar-refractivity contribution in [2.24, 2.45) is 0 Å². The first-order valence-electron chi connectivity index (χ1n) is 8.94. The Balaban J connectivity index is 1.66. The van der Waals surface area contributed by atoms with Gasteiger partial charge in [0.25, 0.3) is 0 Å². The van der Waals surface area contributed by atoms with Crippen molar-refractivity contribution in [2.75, 3.05) is 24.5 Å². The number of nitriles is 1. The molecule has 0 aromatic carbocycles. The smallest absolute Gasteiger partial charge is 0.237 e. The first kappa shape index (κ1) is 15.9. The van der Waals surface area contributed by atoms with Crippen LogP contribution in [0.2, 0.25) is 0 Å². The minimum absolute atomic E-state index is 0.0291. The molecule has 0 bridgehead atoms. The largest absolute Gasteiger partial charge is 0.354 e. The van der Waals surface area contributed by atoms with Crippen molar-refractivity contribution in [2.45, 2.75) is 44.1 Å². The Morgan fingerprint density at radius 2 is 2.16 bits per heavy atom. The summed E-state index contributed by atoms with van der Waals surface area (Å²) < 4.78 is 0. The predicted octanol–water partition coefficient (Wildman–Crippen LogP) is 2.22. The summed E-state index contributed by atoms with van der Waals surface area (Å²) in [6.07, 6.45) is 8.62. The molecule has 0 radical (unpaired) electrons. The van der Waals surface area contributed by atoms with E-state index in [9.17, 15) is 4.79 Å². The maximum atomic E-state index is 12.5. The molecular formula is C18H22N6O. The van der Waals surface area contributed by atoms with Gasteiger partial charge in [-0.05, 0) is 38.2 Å². The fourth-order valence-electron chi connectivity index (χ4n) is 4.48. The number of anilines is 1. The molecule has 7 heteroatoms. The second-order valence-electron chi connectivity index (χ2n) is 7.02. The molecule has 2 aromatic rings. The van der Waals surface area contributed by atoms with E-state index >= 15 is 0 Å². The van der Waals surface area contributed by atoms with E-state index in [0.717, 1.165) is 68.6 Å². The lowest BCUT2D eigenvalue weighted by molar-refractivity contribution is -0.139. The minimum atomic E-state index is -0.169. The number of H-pyrrole nitrogens is 1. The van der Waals surface area contributed by atoms with Gasteiger partial charge in [0, 0.05) is 25.8 Å². The van der Waals surface area contributed by atoms with Crippen LogP contribution in [-0.4, -0.2) is 50.9 Å². The Kier molecular flexibility index (Phi) is 4.04. The first-order valence-corrected chi connectivity index (χ1v) is 8.94. The summed E-state index contributed by atoms with van der Waals surface area (Å²) in [5.41, 5.74) is 0.670. The van der Waals surface area contributed by atoms with Gasteiger partial charge in [0.1, 0.15) is 24.2 Å². The lowest BCUT2D eigenvalue weighted by Crippen LogP contribution is -2.62. The summed E-state index contributed by atoms with van der Waals surface area (Å²) in [6.45, 7) is 2.47. The van der Waals surface area contributed by atoms with Gasteiger partial charge >= 0.3 is 0 Å². The average Bonchev–Trinajstić information content (AvgIpc) is 3.11. The van der Waals surface area contributed by atoms with Crippen molar-refractivity contribution in [1.29, 1.82) is 5.26 Å². The number of rotatable bonds is 2. The van der Waals surface area contributed by atoms with Gasteiger partial charge in [-0.3, -0.25) is 4.79 Å². The van der Waals surface area contributed by atoms with Crippen LogP contribution in [-0.2, 0) is 4.79 Å². The third kappa shape index (κ3) is 2.72. The molecule has 25 heavy (non-hydrogen) atoms. The number of likely N-dealkylation sites (tertiary alicyclic amines) is 1. The fourth-order valence-corrected chi connectivity index (χ4v) is 4.48. The third-order valence-electron chi connectivity index (χ3n) is 5.57. The highest BCUT2D eigenvalue weighted by Gasteiger charge is 2.44. The molecule has 1 amide bonds. The Labute approximate surface area is 146 Å². The van der Waals surface area contributed by atoms with Crippen LogP contribution in [0.1, 0.15) is 38.5 Å². The number of piperidine rings is 2. The van der Waals surface area contributed by atoms with Gasteiger partial charge in [0.2, 0.25) is 5.91 Å². The van der Waals surface area contributed by atoms with Crippen molar-refractivity contribution in [1.82, 2.24) is 19.9 Å². The zero-order chi connectivity index (χ0) is 17.3. The van der Waals surface area contributed by atoms with E-state index in [1.807, 2.05) is 23.2 Å². The van der Waals surface area contributed by atoms with E-state index in [-0.39, 0.29) is 17.9 Å². The molecule has 2 aliphatic rings. The molecule has 130 valence electrons. The number of aromatic amines is 1. The first-order chi connectivity index (χ1) is 12.2. The Bertz CT molecular complexity index is 820. The summed E-state index contributed by atoms with van der Waals surface area (Å²) in [4.78, 5) is 28.8. The maximum Gasteiger partial charge on any atom is 0.237 e. The van der Waals surface area contributed by atoms with E-state index < -0.39 is 0 Å². The molecule has 1 atom stereocenters. The topological polar surface area (TPSA) is 88.9 Å². The van der Waals surface area contributed by atoms with Gasteiger partial charge in [0.05, 0.1) is 17.0 Å². The van der Waals surface area contributed by atoms with Crippen molar-refractivity contribution >= 4 is 22.8 Å². The molecule has 2 aliphatic heterocycles. The summed E-state index contributed by atoms with van der Waals surface area (Å²) in [5, 5.41) is 9.97. The highest BCUT2D eigenvalue weighted by atomic mass is 16.2. The monoisotopic (exact) mass is 338 g/mol. The number of amides is 1. The molecule has 4 heterocycles. The van der Waals surface area contributed by atoms with E-state index in [1.54, 1.807) is 6.33 Å². The van der Waals surface area contributed by atoms with Crippen LogP contribution >= 0.6 is 0 Å². The number of carbonyl (C=O) groups is 1. The van der Waals surface area contributed by atoms with Gasteiger partial charge in [0.15, 0.2) is 0 Å². The molecule has 0 aliphatic carbocycles. The normalized spacial score (nSPS) is 23.8. The maximum absolute atomic E-state index is 12.5. The van der Waals surface area contributed by atoms with E-state index in [1.165, 1.54) is 0 Å². The van der Waals surface area contributed by atoms with Gasteiger partial charge in [-0.25, -0.2) is 9.97 Å². The van der Waals surface area contributed by atoms with Crippen molar-refractivity contribution in [3.63, 3.8) is 0 Å². The predicted molar refractivity (Wildman–Crippen MR) is 93.9 cm³/mol. The van der Waals surface area contributed by atoms with Crippen LogP contribution in [0.4, 0.5) is 5.82 Å². The number of hydrogen-bond acceptors (Lipinski definition) is 5. The van der Waals surface area contributed by atoms with E-state index in [0.29, 0.717) is 0 Å². The molecule has 2 fully saturated rings. The molecule has 0 saturated carbocycles. The van der Waals surface area contributed by atoms with Gasteiger partial charge in [-0.15, -0.1) is 0 Å². The molecule has 4 rings (SSSR count). The molecular weight excluding hydrogens is 316 g/mol. The molecule has 1 spiro atoms. The van der Waals surface area contributed by atoms with Crippen LogP contribution in [0.3, 0.4) is 0 Å². The van der Waals surface area contributed by atoms with Crippen LogP contribution in [0.15, 0.2) is 18.6 Å². The van der Waals surface area contributed by atoms with Crippen LogP contribution in [0.25, 0.3) is 11.0 Å². The zero-order valence-corrected chi connectivity index (χ0v) is 14.2. The Morgan fingerprint density at radius 1 is 1.28 bits per heavy atom. The summed E-state index contributed by atoms with van der Waals surface area (Å²) >= 11 is 0. The van der Waals surface area contributed by atoms with Crippen molar-refractivity contribution < 1.29 is 4.79 Å². The van der Waals surface area contributed by atoms with Gasteiger partial charge in [-0.2, -0.15) is 5.26 Å². The molecule has 7 nitrogen and oxygen atoms in total. The average molecular weight is 338 g/mol. The van der Waals surface area contributed by atoms with Crippen molar-refractivity contribution in [3.05, 3.63) is 18.6 Å². The van der Waals surface area contributed by atoms with Crippen molar-refractivity contribution in [3.8, 4) is 6.07 Å². The molecule has 1 unspecified atom stereocenters. The molecule has 2 aromatic heterocycles. The highest BCUT2D eigenvalue weighted by molar-refractivity contribution is 5.87. The highest BCUT2D eigenvalue weighted by Crippen LogP contribution is 2.38. The quantitative estimate of drug-likeness (QED) is 0.907. The van der Waals surface area contributed by atoms with E-state index in [2.05, 4.69) is 19.9 Å². The second kappa shape index (κ2) is 6.36.